The fourth-order valence-corrected chi connectivity index (χ4v) is 3.42. The zero-order chi connectivity index (χ0) is 21.2. The molecule has 7 heteroatoms. The summed E-state index contributed by atoms with van der Waals surface area (Å²) in [4.78, 5) is 2.17. The van der Waals surface area contributed by atoms with E-state index in [1.807, 2.05) is 24.3 Å². The quantitative estimate of drug-likeness (QED) is 0.546. The molecule has 1 aliphatic rings. The number of morpholine rings is 1. The summed E-state index contributed by atoms with van der Waals surface area (Å²) in [6.07, 6.45) is 0.189. The highest BCUT2D eigenvalue weighted by molar-refractivity contribution is 5.43. The highest BCUT2D eigenvalue weighted by Gasteiger charge is 2.16. The summed E-state index contributed by atoms with van der Waals surface area (Å²) in [6.45, 7) is 5.28. The van der Waals surface area contributed by atoms with E-state index in [2.05, 4.69) is 10.2 Å². The first-order chi connectivity index (χ1) is 14.6. The van der Waals surface area contributed by atoms with E-state index in [9.17, 15) is 9.50 Å². The lowest BCUT2D eigenvalue weighted by atomic mass is 10.1. The minimum Gasteiger partial charge on any atom is -0.493 e. The van der Waals surface area contributed by atoms with Crippen LogP contribution in [0.1, 0.15) is 11.1 Å². The van der Waals surface area contributed by atoms with E-state index in [1.54, 1.807) is 19.2 Å². The molecule has 1 fully saturated rings. The Hall–Kier alpha value is -2.19. The molecule has 1 unspecified atom stereocenters. The zero-order valence-electron chi connectivity index (χ0n) is 17.5. The lowest BCUT2D eigenvalue weighted by molar-refractivity contribution is 0.00445. The van der Waals surface area contributed by atoms with Gasteiger partial charge in [0.25, 0.3) is 0 Å². The number of hydrogen-bond donors (Lipinski definition) is 2. The number of hydrogen-bond acceptors (Lipinski definition) is 6. The van der Waals surface area contributed by atoms with Crippen molar-refractivity contribution in [3.05, 3.63) is 59.4 Å². The van der Waals surface area contributed by atoms with Crippen LogP contribution < -0.4 is 14.8 Å². The Morgan fingerprint density at radius 2 is 1.97 bits per heavy atom. The van der Waals surface area contributed by atoms with Gasteiger partial charge in [-0.15, -0.1) is 0 Å². The first-order valence-corrected chi connectivity index (χ1v) is 10.4. The van der Waals surface area contributed by atoms with Gasteiger partial charge in [-0.05, 0) is 48.4 Å². The molecular weight excluding hydrogens is 387 g/mol. The van der Waals surface area contributed by atoms with Crippen LogP contribution in [0.5, 0.6) is 11.5 Å². The van der Waals surface area contributed by atoms with Crippen LogP contribution in [0, 0.1) is 5.82 Å². The lowest BCUT2D eigenvalue weighted by Crippen LogP contribution is -2.42. The van der Waals surface area contributed by atoms with Crippen LogP contribution in [-0.2, 0) is 17.7 Å². The van der Waals surface area contributed by atoms with E-state index in [-0.39, 0.29) is 12.4 Å². The molecule has 0 aliphatic carbocycles. The van der Waals surface area contributed by atoms with Crippen molar-refractivity contribution >= 4 is 0 Å². The van der Waals surface area contributed by atoms with Crippen molar-refractivity contribution in [1.82, 2.24) is 10.2 Å². The van der Waals surface area contributed by atoms with Gasteiger partial charge in [0.15, 0.2) is 11.5 Å². The number of halogens is 1. The molecule has 0 amide bonds. The van der Waals surface area contributed by atoms with E-state index >= 15 is 0 Å². The summed E-state index contributed by atoms with van der Waals surface area (Å²) in [5.41, 5.74) is 2.03. The zero-order valence-corrected chi connectivity index (χ0v) is 17.5. The SMILES string of the molecule is COc1cc(CNCCc2cccc(F)c2)ccc1OCC(O)CN1CCOCC1. The Bertz CT molecular complexity index is 784. The van der Waals surface area contributed by atoms with Gasteiger partial charge in [0.05, 0.1) is 20.3 Å². The third-order valence-electron chi connectivity index (χ3n) is 5.04. The van der Waals surface area contributed by atoms with E-state index < -0.39 is 6.10 Å². The van der Waals surface area contributed by atoms with Crippen molar-refractivity contribution in [1.29, 1.82) is 0 Å². The number of nitrogens with one attached hydrogen (secondary N) is 1. The molecule has 1 heterocycles. The Kier molecular flexibility index (Phi) is 8.89. The third-order valence-corrected chi connectivity index (χ3v) is 5.04. The van der Waals surface area contributed by atoms with Crippen molar-refractivity contribution in [2.24, 2.45) is 0 Å². The van der Waals surface area contributed by atoms with Crippen LogP contribution in [0.2, 0.25) is 0 Å². The van der Waals surface area contributed by atoms with Gasteiger partial charge < -0.3 is 24.6 Å². The summed E-state index contributed by atoms with van der Waals surface area (Å²) in [6, 6.07) is 12.4. The maximum atomic E-state index is 13.2. The van der Waals surface area contributed by atoms with Crippen LogP contribution in [-0.4, -0.2) is 69.2 Å². The second kappa shape index (κ2) is 11.9. The largest absolute Gasteiger partial charge is 0.493 e. The van der Waals surface area contributed by atoms with Crippen molar-refractivity contribution in [3.8, 4) is 11.5 Å². The molecule has 0 bridgehead atoms. The molecular formula is C23H31FN2O4. The first kappa shape index (κ1) is 22.5. The van der Waals surface area contributed by atoms with Gasteiger partial charge in [-0.1, -0.05) is 18.2 Å². The molecule has 1 aliphatic heterocycles. The highest BCUT2D eigenvalue weighted by atomic mass is 19.1. The number of benzene rings is 2. The Morgan fingerprint density at radius 1 is 1.13 bits per heavy atom. The standard InChI is InChI=1S/C23H31FN2O4/c1-28-23-14-19(15-25-8-7-18-3-2-4-20(24)13-18)5-6-22(23)30-17-21(27)16-26-9-11-29-12-10-26/h2-6,13-14,21,25,27H,7-12,15-17H2,1H3. The summed E-state index contributed by atoms with van der Waals surface area (Å²) in [5.74, 6) is 1.04. The predicted molar refractivity (Wildman–Crippen MR) is 114 cm³/mol. The molecule has 30 heavy (non-hydrogen) atoms. The van der Waals surface area contributed by atoms with Crippen molar-refractivity contribution in [2.45, 2.75) is 19.1 Å². The maximum absolute atomic E-state index is 13.2. The maximum Gasteiger partial charge on any atom is 0.161 e. The number of nitrogens with zero attached hydrogens (tertiary/aromatic N) is 1. The number of aliphatic hydroxyl groups excluding tert-OH is 1. The van der Waals surface area contributed by atoms with Crippen LogP contribution in [0.25, 0.3) is 0 Å². The number of β-amino-alcohol motifs (C(OH)–C–C–N with tert-alkyl or cyclic N) is 1. The van der Waals surface area contributed by atoms with Gasteiger partial charge in [0, 0.05) is 26.2 Å². The average Bonchev–Trinajstić information content (AvgIpc) is 2.76. The predicted octanol–water partition coefficient (Wildman–Crippen LogP) is 2.24. The van der Waals surface area contributed by atoms with E-state index in [0.717, 1.165) is 37.2 Å². The molecule has 164 valence electrons. The Morgan fingerprint density at radius 3 is 2.73 bits per heavy atom. The number of rotatable bonds is 11. The summed E-state index contributed by atoms with van der Waals surface area (Å²) < 4.78 is 29.8. The second-order valence-corrected chi connectivity index (χ2v) is 7.42. The number of methoxy groups -OCH3 is 1. The fraction of sp³-hybridized carbons (Fsp3) is 0.478. The van der Waals surface area contributed by atoms with Gasteiger partial charge in [-0.25, -0.2) is 4.39 Å². The van der Waals surface area contributed by atoms with E-state index in [4.69, 9.17) is 14.2 Å². The average molecular weight is 419 g/mol. The minimum atomic E-state index is -0.572. The molecule has 0 spiro atoms. The minimum absolute atomic E-state index is 0.206. The van der Waals surface area contributed by atoms with Gasteiger partial charge in [-0.2, -0.15) is 0 Å². The van der Waals surface area contributed by atoms with E-state index in [1.165, 1.54) is 6.07 Å². The smallest absolute Gasteiger partial charge is 0.161 e. The second-order valence-electron chi connectivity index (χ2n) is 7.42. The molecule has 2 aromatic carbocycles. The van der Waals surface area contributed by atoms with Crippen LogP contribution in [0.3, 0.4) is 0 Å². The molecule has 3 rings (SSSR count). The summed E-state index contributed by atoms with van der Waals surface area (Å²) in [7, 11) is 1.60. The van der Waals surface area contributed by atoms with Crippen molar-refractivity contribution in [3.63, 3.8) is 0 Å². The van der Waals surface area contributed by atoms with Crippen LogP contribution >= 0.6 is 0 Å². The topological polar surface area (TPSA) is 63.2 Å². The third kappa shape index (κ3) is 7.25. The summed E-state index contributed by atoms with van der Waals surface area (Å²) in [5, 5.41) is 13.6. The molecule has 1 saturated heterocycles. The Labute approximate surface area is 177 Å². The highest BCUT2D eigenvalue weighted by Crippen LogP contribution is 2.28. The first-order valence-electron chi connectivity index (χ1n) is 10.4. The molecule has 1 atom stereocenters. The van der Waals surface area contributed by atoms with Crippen LogP contribution in [0.15, 0.2) is 42.5 Å². The molecule has 2 aromatic rings. The Balaban J connectivity index is 1.43. The number of ether oxygens (including phenoxy) is 3. The van der Waals surface area contributed by atoms with Crippen molar-refractivity contribution in [2.75, 3.05) is 53.1 Å². The van der Waals surface area contributed by atoms with Crippen molar-refractivity contribution < 1.29 is 23.7 Å². The number of aliphatic hydroxyl groups is 1. The monoisotopic (exact) mass is 418 g/mol. The van der Waals surface area contributed by atoms with E-state index in [0.29, 0.717) is 37.8 Å². The molecule has 6 nitrogen and oxygen atoms in total. The summed E-state index contributed by atoms with van der Waals surface area (Å²) >= 11 is 0. The molecule has 2 N–H and O–H groups in total. The molecule has 0 saturated carbocycles. The molecule has 0 aromatic heterocycles. The van der Waals surface area contributed by atoms with Gasteiger partial charge in [0.2, 0.25) is 0 Å². The fourth-order valence-electron chi connectivity index (χ4n) is 3.42. The van der Waals surface area contributed by atoms with Crippen LogP contribution in [0.4, 0.5) is 4.39 Å². The van der Waals surface area contributed by atoms with Gasteiger partial charge in [-0.3, -0.25) is 4.90 Å². The molecule has 0 radical (unpaired) electrons. The van der Waals surface area contributed by atoms with Gasteiger partial charge >= 0.3 is 0 Å². The lowest BCUT2D eigenvalue weighted by Gasteiger charge is -2.28. The normalized spacial score (nSPS) is 15.7. The van der Waals surface area contributed by atoms with Gasteiger partial charge in [0.1, 0.15) is 18.5 Å².